The van der Waals surface area contributed by atoms with Gasteiger partial charge in [-0.1, -0.05) is 0 Å². The molecule has 0 aliphatic carbocycles. The van der Waals surface area contributed by atoms with Crippen LogP contribution in [0.25, 0.3) is 0 Å². The summed E-state index contributed by atoms with van der Waals surface area (Å²) in [7, 11) is 2.91. The number of likely N-dealkylation sites (tertiary alicyclic amines) is 1. The van der Waals surface area contributed by atoms with Crippen molar-refractivity contribution < 1.29 is 33.3 Å². The number of nitrogens with zero attached hydrogens (tertiary/aromatic N) is 1. The lowest BCUT2D eigenvalue weighted by Crippen LogP contribution is -2.50. The van der Waals surface area contributed by atoms with Gasteiger partial charge in [-0.25, -0.2) is 9.59 Å². The number of anilines is 1. The maximum atomic E-state index is 13.1. The Morgan fingerprint density at radius 1 is 1.12 bits per heavy atom. The summed E-state index contributed by atoms with van der Waals surface area (Å²) in [6.07, 6.45) is 0.331. The van der Waals surface area contributed by atoms with Gasteiger partial charge in [-0.3, -0.25) is 10.1 Å². The Labute approximate surface area is 188 Å². The van der Waals surface area contributed by atoms with Crippen LogP contribution in [0.1, 0.15) is 50.9 Å². The second-order valence-corrected chi connectivity index (χ2v) is 8.34. The number of ether oxygens (including phenoxy) is 4. The van der Waals surface area contributed by atoms with E-state index in [9.17, 15) is 14.4 Å². The predicted molar refractivity (Wildman–Crippen MR) is 118 cm³/mol. The highest BCUT2D eigenvalue weighted by Gasteiger charge is 2.29. The number of carbonyl (C=O) groups excluding carboxylic acids is 3. The summed E-state index contributed by atoms with van der Waals surface area (Å²) in [5.41, 5.74) is -0.191. The number of piperidine rings is 1. The topological polar surface area (TPSA) is 115 Å². The largest absolute Gasteiger partial charge is 0.493 e. The third-order valence-corrected chi connectivity index (χ3v) is 4.69. The lowest BCUT2D eigenvalue weighted by molar-refractivity contribution is 0.0185. The molecule has 10 nitrogen and oxygen atoms in total. The minimum Gasteiger partial charge on any atom is -0.493 e. The molecule has 3 amide bonds. The van der Waals surface area contributed by atoms with Crippen molar-refractivity contribution in [3.05, 3.63) is 17.7 Å². The van der Waals surface area contributed by atoms with E-state index in [1.54, 1.807) is 11.8 Å². The molecule has 1 unspecified atom stereocenters. The number of carbonyl (C=O) groups is 3. The van der Waals surface area contributed by atoms with Gasteiger partial charge in [-0.15, -0.1) is 0 Å². The summed E-state index contributed by atoms with van der Waals surface area (Å²) >= 11 is 0. The van der Waals surface area contributed by atoms with Crippen molar-refractivity contribution in [2.45, 2.75) is 52.2 Å². The van der Waals surface area contributed by atoms with Crippen LogP contribution in [0.4, 0.5) is 15.3 Å². The molecule has 1 atom stereocenters. The first kappa shape index (κ1) is 25.1. The summed E-state index contributed by atoms with van der Waals surface area (Å²) in [6.45, 7) is 8.18. The zero-order valence-corrected chi connectivity index (χ0v) is 19.6. The molecule has 1 aliphatic rings. The van der Waals surface area contributed by atoms with E-state index in [1.165, 1.54) is 26.4 Å². The van der Waals surface area contributed by atoms with Gasteiger partial charge >= 0.3 is 12.2 Å². The van der Waals surface area contributed by atoms with Gasteiger partial charge in [0.25, 0.3) is 5.91 Å². The van der Waals surface area contributed by atoms with E-state index in [1.807, 2.05) is 20.8 Å². The summed E-state index contributed by atoms with van der Waals surface area (Å²) in [6, 6.07) is 2.72. The number of methoxy groups -OCH3 is 2. The standard InChI is InChI=1S/C22H33N3O7/c1-7-31-20(27)24-16-12-18(30-6)17(29-5)11-15(16)19(26)23-14-9-8-10-25(13-14)21(28)32-22(2,3)4/h11-12,14H,7-10,13H2,1-6H3,(H,23,26)(H,24,27). The fourth-order valence-corrected chi connectivity index (χ4v) is 3.30. The van der Waals surface area contributed by atoms with Gasteiger partial charge in [0, 0.05) is 25.2 Å². The predicted octanol–water partition coefficient (Wildman–Crippen LogP) is 3.40. The van der Waals surface area contributed by atoms with E-state index in [2.05, 4.69) is 10.6 Å². The smallest absolute Gasteiger partial charge is 0.411 e. The highest BCUT2D eigenvalue weighted by molar-refractivity contribution is 6.03. The van der Waals surface area contributed by atoms with Crippen molar-refractivity contribution in [2.24, 2.45) is 0 Å². The summed E-state index contributed by atoms with van der Waals surface area (Å²) in [4.78, 5) is 39.1. The van der Waals surface area contributed by atoms with E-state index in [-0.39, 0.29) is 23.9 Å². The van der Waals surface area contributed by atoms with E-state index in [4.69, 9.17) is 18.9 Å². The lowest BCUT2D eigenvalue weighted by Gasteiger charge is -2.34. The normalized spacial score (nSPS) is 16.1. The average molecular weight is 452 g/mol. The van der Waals surface area contributed by atoms with Crippen LogP contribution in [0.15, 0.2) is 12.1 Å². The Hall–Kier alpha value is -3.17. The van der Waals surface area contributed by atoms with E-state index in [0.717, 1.165) is 6.42 Å². The molecule has 32 heavy (non-hydrogen) atoms. The third kappa shape index (κ3) is 6.93. The fraction of sp³-hybridized carbons (Fsp3) is 0.591. The van der Waals surface area contributed by atoms with Gasteiger partial charge in [-0.2, -0.15) is 0 Å². The molecule has 1 heterocycles. The van der Waals surface area contributed by atoms with Crippen LogP contribution in [0.2, 0.25) is 0 Å². The molecule has 1 aromatic carbocycles. The molecular formula is C22H33N3O7. The zero-order valence-electron chi connectivity index (χ0n) is 19.6. The molecule has 1 saturated heterocycles. The fourth-order valence-electron chi connectivity index (χ4n) is 3.30. The first-order valence-corrected chi connectivity index (χ1v) is 10.6. The van der Waals surface area contributed by atoms with E-state index < -0.39 is 23.7 Å². The molecule has 0 spiro atoms. The molecule has 178 valence electrons. The molecule has 0 bridgehead atoms. The molecule has 0 aromatic heterocycles. The van der Waals surface area contributed by atoms with Crippen molar-refractivity contribution in [2.75, 3.05) is 39.2 Å². The Balaban J connectivity index is 2.20. The van der Waals surface area contributed by atoms with Gasteiger partial charge in [-0.05, 0) is 46.6 Å². The molecule has 0 radical (unpaired) electrons. The Kier molecular flexibility index (Phi) is 8.56. The van der Waals surface area contributed by atoms with Gasteiger partial charge in [0.05, 0.1) is 32.1 Å². The van der Waals surface area contributed by atoms with Gasteiger partial charge in [0.15, 0.2) is 11.5 Å². The third-order valence-electron chi connectivity index (χ3n) is 4.69. The Morgan fingerprint density at radius 2 is 1.78 bits per heavy atom. The van der Waals surface area contributed by atoms with Gasteiger partial charge in [0.1, 0.15) is 5.60 Å². The number of hydrogen-bond acceptors (Lipinski definition) is 7. The molecular weight excluding hydrogens is 418 g/mol. The molecule has 0 saturated carbocycles. The van der Waals surface area contributed by atoms with Crippen molar-refractivity contribution in [3.63, 3.8) is 0 Å². The molecule has 1 aromatic rings. The second-order valence-electron chi connectivity index (χ2n) is 8.34. The number of rotatable bonds is 6. The zero-order chi connectivity index (χ0) is 23.9. The van der Waals surface area contributed by atoms with Crippen molar-refractivity contribution >= 4 is 23.8 Å². The Bertz CT molecular complexity index is 836. The van der Waals surface area contributed by atoms with Gasteiger partial charge < -0.3 is 29.2 Å². The lowest BCUT2D eigenvalue weighted by atomic mass is 10.0. The van der Waals surface area contributed by atoms with Crippen LogP contribution < -0.4 is 20.1 Å². The monoisotopic (exact) mass is 451 g/mol. The van der Waals surface area contributed by atoms with E-state index >= 15 is 0 Å². The van der Waals surface area contributed by atoms with Crippen LogP contribution in [-0.4, -0.2) is 68.6 Å². The summed E-state index contributed by atoms with van der Waals surface area (Å²) in [5, 5.41) is 5.51. The molecule has 1 aliphatic heterocycles. The first-order chi connectivity index (χ1) is 15.1. The number of nitrogens with one attached hydrogen (secondary N) is 2. The number of hydrogen-bond donors (Lipinski definition) is 2. The van der Waals surface area contributed by atoms with Gasteiger partial charge in [0.2, 0.25) is 0 Å². The number of benzene rings is 1. The van der Waals surface area contributed by atoms with Crippen molar-refractivity contribution in [1.29, 1.82) is 0 Å². The minimum absolute atomic E-state index is 0.184. The maximum absolute atomic E-state index is 13.1. The SMILES string of the molecule is CCOC(=O)Nc1cc(OC)c(OC)cc1C(=O)NC1CCCN(C(=O)OC(C)(C)C)C1. The highest BCUT2D eigenvalue weighted by Crippen LogP contribution is 2.33. The average Bonchev–Trinajstić information content (AvgIpc) is 2.72. The summed E-state index contributed by atoms with van der Waals surface area (Å²) in [5.74, 6) is 0.268. The van der Waals surface area contributed by atoms with Crippen molar-refractivity contribution in [3.8, 4) is 11.5 Å². The number of amides is 3. The summed E-state index contributed by atoms with van der Waals surface area (Å²) < 4.78 is 20.9. The second kappa shape index (κ2) is 10.9. The van der Waals surface area contributed by atoms with Crippen LogP contribution >= 0.6 is 0 Å². The van der Waals surface area contributed by atoms with Crippen LogP contribution in [0.3, 0.4) is 0 Å². The quantitative estimate of drug-likeness (QED) is 0.681. The molecule has 10 heteroatoms. The molecule has 2 N–H and O–H groups in total. The molecule has 1 fully saturated rings. The highest BCUT2D eigenvalue weighted by atomic mass is 16.6. The minimum atomic E-state index is -0.692. The van der Waals surface area contributed by atoms with E-state index in [0.29, 0.717) is 31.0 Å². The van der Waals surface area contributed by atoms with Crippen molar-refractivity contribution in [1.82, 2.24) is 10.2 Å². The molecule has 2 rings (SSSR count). The van der Waals surface area contributed by atoms with Crippen LogP contribution in [0, 0.1) is 0 Å². The van der Waals surface area contributed by atoms with Crippen LogP contribution in [0.5, 0.6) is 11.5 Å². The Morgan fingerprint density at radius 3 is 2.38 bits per heavy atom. The van der Waals surface area contributed by atoms with Crippen LogP contribution in [-0.2, 0) is 9.47 Å². The first-order valence-electron chi connectivity index (χ1n) is 10.6. The maximum Gasteiger partial charge on any atom is 0.411 e.